The molecule has 0 radical (unpaired) electrons. The first-order valence-corrected chi connectivity index (χ1v) is 7.89. The molecule has 124 valence electrons. The van der Waals surface area contributed by atoms with Crippen molar-refractivity contribution in [3.8, 4) is 5.75 Å². The minimum absolute atomic E-state index is 0.245. The molecular weight excluding hydrogens is 288 g/mol. The molecular formula is C19H26N2O2. The average molecular weight is 314 g/mol. The molecule has 0 aromatic heterocycles. The first kappa shape index (κ1) is 18.7. The van der Waals surface area contributed by atoms with Crippen LogP contribution in [0.5, 0.6) is 5.75 Å². The SMILES string of the molecule is CCC(N)=O.NCCCOc1ccc(Cc2ccccc2)cc1. The Kier molecular flexibility index (Phi) is 9.17. The number of amides is 1. The van der Waals surface area contributed by atoms with E-state index in [1.807, 2.05) is 18.2 Å². The molecule has 0 aliphatic carbocycles. The minimum Gasteiger partial charge on any atom is -0.494 e. The van der Waals surface area contributed by atoms with E-state index in [2.05, 4.69) is 42.1 Å². The van der Waals surface area contributed by atoms with Gasteiger partial charge in [0, 0.05) is 6.42 Å². The van der Waals surface area contributed by atoms with Gasteiger partial charge >= 0.3 is 0 Å². The highest BCUT2D eigenvalue weighted by Crippen LogP contribution is 2.15. The zero-order chi connectivity index (χ0) is 16.9. The molecule has 2 aromatic rings. The van der Waals surface area contributed by atoms with Crippen molar-refractivity contribution in [2.24, 2.45) is 11.5 Å². The molecule has 4 nitrogen and oxygen atoms in total. The number of hydrogen-bond acceptors (Lipinski definition) is 3. The molecule has 0 atom stereocenters. The number of carbonyl (C=O) groups is 1. The first-order valence-electron chi connectivity index (χ1n) is 7.89. The summed E-state index contributed by atoms with van der Waals surface area (Å²) in [5, 5.41) is 0. The molecule has 1 amide bonds. The lowest BCUT2D eigenvalue weighted by Gasteiger charge is -2.06. The van der Waals surface area contributed by atoms with Crippen LogP contribution in [-0.4, -0.2) is 19.1 Å². The third-order valence-corrected chi connectivity index (χ3v) is 3.14. The molecule has 0 unspecified atom stereocenters. The highest BCUT2D eigenvalue weighted by molar-refractivity contribution is 5.73. The van der Waals surface area contributed by atoms with E-state index in [0.717, 1.165) is 18.6 Å². The van der Waals surface area contributed by atoms with Crippen LogP contribution in [0.3, 0.4) is 0 Å². The molecule has 2 aromatic carbocycles. The van der Waals surface area contributed by atoms with Crippen molar-refractivity contribution < 1.29 is 9.53 Å². The normalized spacial score (nSPS) is 9.65. The largest absolute Gasteiger partial charge is 0.494 e. The predicted molar refractivity (Wildman–Crippen MR) is 94.3 cm³/mol. The fourth-order valence-electron chi connectivity index (χ4n) is 1.81. The van der Waals surface area contributed by atoms with Crippen LogP contribution in [0.2, 0.25) is 0 Å². The van der Waals surface area contributed by atoms with Gasteiger partial charge in [-0.25, -0.2) is 0 Å². The maximum Gasteiger partial charge on any atom is 0.217 e. The van der Waals surface area contributed by atoms with E-state index in [4.69, 9.17) is 10.5 Å². The maximum absolute atomic E-state index is 9.59. The average Bonchev–Trinajstić information content (AvgIpc) is 2.58. The Morgan fingerprint density at radius 2 is 1.57 bits per heavy atom. The smallest absolute Gasteiger partial charge is 0.217 e. The Morgan fingerprint density at radius 3 is 2.09 bits per heavy atom. The van der Waals surface area contributed by atoms with E-state index in [-0.39, 0.29) is 5.91 Å². The van der Waals surface area contributed by atoms with E-state index >= 15 is 0 Å². The summed E-state index contributed by atoms with van der Waals surface area (Å²) < 4.78 is 5.57. The lowest BCUT2D eigenvalue weighted by atomic mass is 10.1. The van der Waals surface area contributed by atoms with E-state index in [0.29, 0.717) is 19.6 Å². The summed E-state index contributed by atoms with van der Waals surface area (Å²) in [6, 6.07) is 18.7. The van der Waals surface area contributed by atoms with Crippen molar-refractivity contribution in [1.29, 1.82) is 0 Å². The molecule has 4 heteroatoms. The van der Waals surface area contributed by atoms with Gasteiger partial charge in [0.25, 0.3) is 0 Å². The standard InChI is InChI=1S/C16H19NO.C3H7NO/c17-11-4-12-18-16-9-7-15(8-10-16)13-14-5-2-1-3-6-14;1-2-3(4)5/h1-3,5-10H,4,11-13,17H2;2H2,1H3,(H2,4,5). The van der Waals surface area contributed by atoms with Crippen LogP contribution < -0.4 is 16.2 Å². The molecule has 0 saturated heterocycles. The number of benzene rings is 2. The lowest BCUT2D eigenvalue weighted by Crippen LogP contribution is -2.06. The summed E-state index contributed by atoms with van der Waals surface area (Å²) in [7, 11) is 0. The van der Waals surface area contributed by atoms with Gasteiger partial charge in [-0.3, -0.25) is 4.79 Å². The third-order valence-electron chi connectivity index (χ3n) is 3.14. The van der Waals surface area contributed by atoms with Crippen molar-refractivity contribution in [3.05, 3.63) is 65.7 Å². The molecule has 0 heterocycles. The van der Waals surface area contributed by atoms with Gasteiger partial charge in [-0.1, -0.05) is 49.4 Å². The van der Waals surface area contributed by atoms with Gasteiger partial charge in [0.05, 0.1) is 6.61 Å². The van der Waals surface area contributed by atoms with Crippen molar-refractivity contribution in [1.82, 2.24) is 0 Å². The molecule has 0 aliphatic rings. The van der Waals surface area contributed by atoms with E-state index < -0.39 is 0 Å². The van der Waals surface area contributed by atoms with Crippen molar-refractivity contribution in [2.45, 2.75) is 26.2 Å². The molecule has 0 spiro atoms. The summed E-state index contributed by atoms with van der Waals surface area (Å²) in [5.41, 5.74) is 12.7. The van der Waals surface area contributed by atoms with Crippen LogP contribution in [-0.2, 0) is 11.2 Å². The maximum atomic E-state index is 9.59. The number of rotatable bonds is 7. The first-order chi connectivity index (χ1) is 11.2. The van der Waals surface area contributed by atoms with Gasteiger partial charge in [-0.2, -0.15) is 0 Å². The van der Waals surface area contributed by atoms with Crippen molar-refractivity contribution in [3.63, 3.8) is 0 Å². The monoisotopic (exact) mass is 314 g/mol. The Bertz CT molecular complexity index is 553. The number of primary amides is 1. The van der Waals surface area contributed by atoms with Crippen LogP contribution in [0.15, 0.2) is 54.6 Å². The van der Waals surface area contributed by atoms with Gasteiger partial charge in [-0.15, -0.1) is 0 Å². The number of carbonyl (C=O) groups excluding carboxylic acids is 1. The topological polar surface area (TPSA) is 78.3 Å². The summed E-state index contributed by atoms with van der Waals surface area (Å²) in [6.07, 6.45) is 2.30. The zero-order valence-electron chi connectivity index (χ0n) is 13.7. The summed E-state index contributed by atoms with van der Waals surface area (Å²) in [4.78, 5) is 9.59. The van der Waals surface area contributed by atoms with E-state index in [9.17, 15) is 4.79 Å². The zero-order valence-corrected chi connectivity index (χ0v) is 13.7. The van der Waals surface area contributed by atoms with Crippen molar-refractivity contribution in [2.75, 3.05) is 13.2 Å². The summed E-state index contributed by atoms with van der Waals surface area (Å²) in [6.45, 7) is 3.09. The van der Waals surface area contributed by atoms with Gasteiger partial charge in [-0.05, 0) is 42.6 Å². The van der Waals surface area contributed by atoms with Crippen LogP contribution in [0.4, 0.5) is 0 Å². The van der Waals surface area contributed by atoms with E-state index in [1.165, 1.54) is 11.1 Å². The van der Waals surface area contributed by atoms with E-state index in [1.54, 1.807) is 6.92 Å². The highest BCUT2D eigenvalue weighted by atomic mass is 16.5. The third kappa shape index (κ3) is 8.63. The predicted octanol–water partition coefficient (Wildman–Crippen LogP) is 2.89. The molecule has 0 fully saturated rings. The number of hydrogen-bond donors (Lipinski definition) is 2. The fraction of sp³-hybridized carbons (Fsp3) is 0.316. The highest BCUT2D eigenvalue weighted by Gasteiger charge is 1.97. The van der Waals surface area contributed by atoms with Crippen LogP contribution >= 0.6 is 0 Å². The molecule has 23 heavy (non-hydrogen) atoms. The van der Waals surface area contributed by atoms with Crippen LogP contribution in [0.25, 0.3) is 0 Å². The Morgan fingerprint density at radius 1 is 1.00 bits per heavy atom. The second-order valence-electron chi connectivity index (χ2n) is 5.12. The molecule has 0 aliphatic heterocycles. The number of nitrogens with two attached hydrogens (primary N) is 2. The summed E-state index contributed by atoms with van der Waals surface area (Å²) >= 11 is 0. The van der Waals surface area contributed by atoms with Gasteiger partial charge < -0.3 is 16.2 Å². The lowest BCUT2D eigenvalue weighted by molar-refractivity contribution is -0.117. The Hall–Kier alpha value is -2.33. The Labute approximate surface area is 138 Å². The second kappa shape index (κ2) is 11.3. The number of ether oxygens (including phenoxy) is 1. The quantitative estimate of drug-likeness (QED) is 0.771. The van der Waals surface area contributed by atoms with Crippen LogP contribution in [0, 0.1) is 0 Å². The second-order valence-corrected chi connectivity index (χ2v) is 5.12. The van der Waals surface area contributed by atoms with Gasteiger partial charge in [0.2, 0.25) is 5.91 Å². The van der Waals surface area contributed by atoms with Crippen LogP contribution in [0.1, 0.15) is 30.9 Å². The van der Waals surface area contributed by atoms with Gasteiger partial charge in [0.1, 0.15) is 5.75 Å². The minimum atomic E-state index is -0.245. The Balaban J connectivity index is 0.000000463. The molecule has 0 bridgehead atoms. The molecule has 4 N–H and O–H groups in total. The molecule has 2 rings (SSSR count). The molecule has 0 saturated carbocycles. The van der Waals surface area contributed by atoms with Gasteiger partial charge in [0.15, 0.2) is 0 Å². The summed E-state index contributed by atoms with van der Waals surface area (Å²) in [5.74, 6) is 0.672. The van der Waals surface area contributed by atoms with Crippen molar-refractivity contribution >= 4 is 5.91 Å². The fourth-order valence-corrected chi connectivity index (χ4v) is 1.81.